The minimum atomic E-state index is 0.586. The topological polar surface area (TPSA) is 39.1 Å². The molecule has 0 bridgehead atoms. The standard InChI is InChI=1S/C17H25N3O/c1-13(2)12-21-9-8-20-11-14(10-19-15-5-6-15)16-4-3-7-18-17(16)20/h3-4,7,11,13,15,19H,5-6,8-10,12H2,1-2H3. The molecule has 2 aromatic rings. The summed E-state index contributed by atoms with van der Waals surface area (Å²) in [5, 5.41) is 4.85. The number of hydrogen-bond acceptors (Lipinski definition) is 3. The predicted octanol–water partition coefficient (Wildman–Crippen LogP) is 2.96. The molecule has 2 heterocycles. The van der Waals surface area contributed by atoms with E-state index < -0.39 is 0 Å². The van der Waals surface area contributed by atoms with Gasteiger partial charge >= 0.3 is 0 Å². The van der Waals surface area contributed by atoms with Gasteiger partial charge in [0.15, 0.2) is 0 Å². The van der Waals surface area contributed by atoms with Crippen LogP contribution in [0, 0.1) is 5.92 Å². The summed E-state index contributed by atoms with van der Waals surface area (Å²) in [5.41, 5.74) is 2.41. The van der Waals surface area contributed by atoms with E-state index in [9.17, 15) is 0 Å². The summed E-state index contributed by atoms with van der Waals surface area (Å²) in [6.07, 6.45) is 6.73. The number of nitrogens with zero attached hydrogens (tertiary/aromatic N) is 2. The highest BCUT2D eigenvalue weighted by atomic mass is 16.5. The van der Waals surface area contributed by atoms with Crippen LogP contribution < -0.4 is 5.32 Å². The molecule has 1 fully saturated rings. The zero-order chi connectivity index (χ0) is 14.7. The summed E-state index contributed by atoms with van der Waals surface area (Å²) in [4.78, 5) is 4.54. The first kappa shape index (κ1) is 14.5. The second-order valence-electron chi connectivity index (χ2n) is 6.35. The van der Waals surface area contributed by atoms with Crippen molar-refractivity contribution in [3.05, 3.63) is 30.1 Å². The lowest BCUT2D eigenvalue weighted by Gasteiger charge is -2.08. The van der Waals surface area contributed by atoms with Gasteiger partial charge in [0, 0.05) is 43.5 Å². The van der Waals surface area contributed by atoms with Gasteiger partial charge < -0.3 is 14.6 Å². The molecule has 0 spiro atoms. The van der Waals surface area contributed by atoms with Crippen LogP contribution in [0.4, 0.5) is 0 Å². The van der Waals surface area contributed by atoms with Crippen molar-refractivity contribution >= 4 is 11.0 Å². The van der Waals surface area contributed by atoms with Crippen molar-refractivity contribution in [3.63, 3.8) is 0 Å². The zero-order valence-corrected chi connectivity index (χ0v) is 13.0. The van der Waals surface area contributed by atoms with Crippen LogP contribution in [0.15, 0.2) is 24.5 Å². The highest BCUT2D eigenvalue weighted by Crippen LogP contribution is 2.23. The van der Waals surface area contributed by atoms with Crippen LogP contribution in [0.5, 0.6) is 0 Å². The monoisotopic (exact) mass is 287 g/mol. The summed E-state index contributed by atoms with van der Waals surface area (Å²) in [5.74, 6) is 0.586. The Bertz CT molecular complexity index is 587. The number of ether oxygens (including phenoxy) is 1. The van der Waals surface area contributed by atoms with Crippen molar-refractivity contribution in [2.75, 3.05) is 13.2 Å². The Morgan fingerprint density at radius 2 is 2.29 bits per heavy atom. The van der Waals surface area contributed by atoms with Gasteiger partial charge in [0.1, 0.15) is 5.65 Å². The average molecular weight is 287 g/mol. The molecule has 4 heteroatoms. The van der Waals surface area contributed by atoms with Gasteiger partial charge in [0.25, 0.3) is 0 Å². The maximum atomic E-state index is 5.70. The molecular formula is C17H25N3O. The first-order chi connectivity index (χ1) is 10.2. The van der Waals surface area contributed by atoms with Gasteiger partial charge in [0.05, 0.1) is 6.61 Å². The van der Waals surface area contributed by atoms with E-state index in [1.807, 2.05) is 12.3 Å². The Kier molecular flexibility index (Phi) is 4.56. The Morgan fingerprint density at radius 3 is 3.05 bits per heavy atom. The fourth-order valence-corrected chi connectivity index (χ4v) is 2.53. The quantitative estimate of drug-likeness (QED) is 0.759. The molecule has 3 rings (SSSR count). The van der Waals surface area contributed by atoms with E-state index in [1.54, 1.807) is 0 Å². The molecule has 0 aliphatic heterocycles. The second kappa shape index (κ2) is 6.58. The normalized spacial score (nSPS) is 15.2. The van der Waals surface area contributed by atoms with Gasteiger partial charge in [-0.15, -0.1) is 0 Å². The Labute approximate surface area is 126 Å². The molecule has 1 aliphatic rings. The fourth-order valence-electron chi connectivity index (χ4n) is 2.53. The summed E-state index contributed by atoms with van der Waals surface area (Å²) in [6.45, 7) is 7.72. The maximum Gasteiger partial charge on any atom is 0.140 e. The third-order valence-electron chi connectivity index (χ3n) is 3.80. The van der Waals surface area contributed by atoms with Crippen LogP contribution >= 0.6 is 0 Å². The van der Waals surface area contributed by atoms with E-state index in [4.69, 9.17) is 4.74 Å². The van der Waals surface area contributed by atoms with Gasteiger partial charge in [0.2, 0.25) is 0 Å². The molecule has 21 heavy (non-hydrogen) atoms. The number of hydrogen-bond donors (Lipinski definition) is 1. The lowest BCUT2D eigenvalue weighted by molar-refractivity contribution is 0.104. The number of aromatic nitrogens is 2. The smallest absolute Gasteiger partial charge is 0.140 e. The molecule has 0 amide bonds. The summed E-state index contributed by atoms with van der Waals surface area (Å²) in [6, 6.07) is 4.91. The van der Waals surface area contributed by atoms with Crippen LogP contribution in [0.3, 0.4) is 0 Å². The minimum absolute atomic E-state index is 0.586. The molecule has 2 aromatic heterocycles. The zero-order valence-electron chi connectivity index (χ0n) is 13.0. The van der Waals surface area contributed by atoms with Crippen molar-refractivity contribution in [3.8, 4) is 0 Å². The number of nitrogens with one attached hydrogen (secondary N) is 1. The second-order valence-corrected chi connectivity index (χ2v) is 6.35. The third kappa shape index (κ3) is 3.83. The van der Waals surface area contributed by atoms with E-state index in [0.717, 1.165) is 38.0 Å². The highest BCUT2D eigenvalue weighted by Gasteiger charge is 2.21. The van der Waals surface area contributed by atoms with E-state index in [-0.39, 0.29) is 0 Å². The molecule has 4 nitrogen and oxygen atoms in total. The van der Waals surface area contributed by atoms with Crippen LogP contribution in [0.25, 0.3) is 11.0 Å². The van der Waals surface area contributed by atoms with E-state index in [0.29, 0.717) is 5.92 Å². The molecule has 0 atom stereocenters. The first-order valence-electron chi connectivity index (χ1n) is 7.98. The van der Waals surface area contributed by atoms with E-state index in [1.165, 1.54) is 23.8 Å². The average Bonchev–Trinajstić information content (AvgIpc) is 3.24. The third-order valence-corrected chi connectivity index (χ3v) is 3.80. The van der Waals surface area contributed by atoms with E-state index >= 15 is 0 Å². The summed E-state index contributed by atoms with van der Waals surface area (Å²) < 4.78 is 7.92. The summed E-state index contributed by atoms with van der Waals surface area (Å²) in [7, 11) is 0. The number of rotatable bonds is 8. The fraction of sp³-hybridized carbons (Fsp3) is 0.588. The predicted molar refractivity (Wildman–Crippen MR) is 85.3 cm³/mol. The van der Waals surface area contributed by atoms with E-state index in [2.05, 4.69) is 41.0 Å². The minimum Gasteiger partial charge on any atom is -0.379 e. The SMILES string of the molecule is CC(C)COCCn1cc(CNC2CC2)c2cccnc21. The highest BCUT2D eigenvalue weighted by molar-refractivity contribution is 5.80. The van der Waals surface area contributed by atoms with Crippen LogP contribution in [-0.2, 0) is 17.8 Å². The van der Waals surface area contributed by atoms with Crippen molar-refractivity contribution < 1.29 is 4.74 Å². The van der Waals surface area contributed by atoms with Crippen LogP contribution in [0.1, 0.15) is 32.3 Å². The van der Waals surface area contributed by atoms with Gasteiger partial charge in [-0.3, -0.25) is 0 Å². The molecule has 0 radical (unpaired) electrons. The van der Waals surface area contributed by atoms with Gasteiger partial charge in [-0.25, -0.2) is 4.98 Å². The summed E-state index contributed by atoms with van der Waals surface area (Å²) >= 11 is 0. The molecular weight excluding hydrogens is 262 g/mol. The van der Waals surface area contributed by atoms with Crippen LogP contribution in [0.2, 0.25) is 0 Å². The van der Waals surface area contributed by atoms with Crippen molar-refractivity contribution in [2.24, 2.45) is 5.92 Å². The number of fused-ring (bicyclic) bond motifs is 1. The van der Waals surface area contributed by atoms with Crippen molar-refractivity contribution in [2.45, 2.75) is 45.8 Å². The molecule has 1 saturated carbocycles. The Morgan fingerprint density at radius 1 is 1.43 bits per heavy atom. The molecule has 114 valence electrons. The van der Waals surface area contributed by atoms with Gasteiger partial charge in [-0.1, -0.05) is 13.8 Å². The molecule has 1 N–H and O–H groups in total. The number of pyridine rings is 1. The lowest BCUT2D eigenvalue weighted by atomic mass is 10.2. The largest absolute Gasteiger partial charge is 0.379 e. The van der Waals surface area contributed by atoms with Gasteiger partial charge in [-0.05, 0) is 36.5 Å². The molecule has 0 unspecified atom stereocenters. The molecule has 0 aromatic carbocycles. The lowest BCUT2D eigenvalue weighted by Crippen LogP contribution is -2.15. The van der Waals surface area contributed by atoms with Crippen LogP contribution in [-0.4, -0.2) is 28.8 Å². The maximum absolute atomic E-state index is 5.70. The Hall–Kier alpha value is -1.39. The van der Waals surface area contributed by atoms with Crippen molar-refractivity contribution in [1.82, 2.24) is 14.9 Å². The molecule has 0 saturated heterocycles. The van der Waals surface area contributed by atoms with Crippen molar-refractivity contribution in [1.29, 1.82) is 0 Å². The Balaban J connectivity index is 1.68. The molecule has 1 aliphatic carbocycles. The van der Waals surface area contributed by atoms with Gasteiger partial charge in [-0.2, -0.15) is 0 Å². The first-order valence-corrected chi connectivity index (χ1v) is 7.98.